The van der Waals surface area contributed by atoms with Crippen molar-refractivity contribution in [2.24, 2.45) is 46.0 Å². The smallest absolute Gasteiger partial charge is 0.00202 e. The van der Waals surface area contributed by atoms with Crippen molar-refractivity contribution in [1.82, 2.24) is 0 Å². The van der Waals surface area contributed by atoms with Crippen LogP contribution in [0.25, 0.3) is 0 Å². The molecule has 0 aromatic carbocycles. The molecule has 0 amide bonds. The normalized spacial score (nSPS) is 41.4. The Hall–Kier alpha value is -0.760. The maximum Gasteiger partial charge on any atom is -0.00202 e. The molecular formula is C22H40N2. The van der Waals surface area contributed by atoms with Crippen molar-refractivity contribution in [2.75, 3.05) is 6.54 Å². The van der Waals surface area contributed by atoms with E-state index in [2.05, 4.69) is 46.1 Å². The first-order chi connectivity index (χ1) is 11.3. The van der Waals surface area contributed by atoms with E-state index in [1.165, 1.54) is 51.1 Å². The van der Waals surface area contributed by atoms with Gasteiger partial charge in [-0.15, -0.1) is 0 Å². The first kappa shape index (κ1) is 19.6. The Kier molecular flexibility index (Phi) is 6.23. The molecule has 0 bridgehead atoms. The van der Waals surface area contributed by atoms with Gasteiger partial charge in [0.2, 0.25) is 0 Å². The zero-order valence-electron chi connectivity index (χ0n) is 16.5. The van der Waals surface area contributed by atoms with Crippen LogP contribution in [0.3, 0.4) is 0 Å². The van der Waals surface area contributed by atoms with E-state index in [4.69, 9.17) is 5.73 Å². The van der Waals surface area contributed by atoms with E-state index in [1.54, 1.807) is 0 Å². The summed E-state index contributed by atoms with van der Waals surface area (Å²) in [6.45, 7) is 13.9. The molecule has 0 heterocycles. The minimum absolute atomic E-state index is 0.379. The minimum atomic E-state index is 0.379. The summed E-state index contributed by atoms with van der Waals surface area (Å²) in [6, 6.07) is 0. The van der Waals surface area contributed by atoms with Crippen molar-refractivity contribution in [3.8, 4) is 0 Å². The van der Waals surface area contributed by atoms with Crippen LogP contribution >= 0.6 is 0 Å². The lowest BCUT2D eigenvalue weighted by Crippen LogP contribution is -2.53. The molecule has 0 aliphatic heterocycles. The third-order valence-electron chi connectivity index (χ3n) is 7.69. The number of hydrogen-bond donors (Lipinski definition) is 2. The second kappa shape index (κ2) is 7.64. The Morgan fingerprint density at radius 2 is 1.96 bits per heavy atom. The van der Waals surface area contributed by atoms with Crippen LogP contribution in [0.5, 0.6) is 0 Å². The van der Waals surface area contributed by atoms with Gasteiger partial charge in [-0.1, -0.05) is 52.3 Å². The highest BCUT2D eigenvalue weighted by Gasteiger charge is 2.54. The van der Waals surface area contributed by atoms with E-state index in [0.29, 0.717) is 10.8 Å². The highest BCUT2D eigenvalue weighted by molar-refractivity contribution is 5.22. The highest BCUT2D eigenvalue weighted by atomic mass is 14.7. The van der Waals surface area contributed by atoms with Gasteiger partial charge in [-0.2, -0.15) is 0 Å². The summed E-state index contributed by atoms with van der Waals surface area (Å²) >= 11 is 0. The molecule has 3 aliphatic rings. The fraction of sp³-hybridized carbons (Fsp3) is 0.818. The molecular weight excluding hydrogens is 292 g/mol. The first-order valence-corrected chi connectivity index (χ1v) is 10.0. The standard InChI is InChI=1S/C20H35N.C2H5N/c1-14(2)15-6-8-17-16(12-15)7-9-18-19(3,13-21)10-5-11-20(17,18)4;1-2-3/h7,14-15,17-18H,5-6,8-13,21H2,1-4H3;2H,1,3H2/t15?,17-,18?,19-,20-;/m1./s1. The molecule has 0 saturated heterocycles. The van der Waals surface area contributed by atoms with Gasteiger partial charge in [-0.25, -0.2) is 0 Å². The predicted octanol–water partition coefficient (Wildman–Crippen LogP) is 5.25. The van der Waals surface area contributed by atoms with Gasteiger partial charge in [0.25, 0.3) is 0 Å². The van der Waals surface area contributed by atoms with Gasteiger partial charge in [-0.05, 0) is 85.8 Å². The maximum atomic E-state index is 6.21. The Labute approximate surface area is 150 Å². The molecule has 2 nitrogen and oxygen atoms in total. The average molecular weight is 333 g/mol. The maximum absolute atomic E-state index is 6.21. The Bertz CT molecular complexity index is 467. The van der Waals surface area contributed by atoms with Gasteiger partial charge < -0.3 is 11.5 Å². The van der Waals surface area contributed by atoms with Crippen LogP contribution in [0.4, 0.5) is 0 Å². The SMILES string of the molecule is C=CN.CC(C)C1CC[C@@H]2C(=CCC3[C@@](C)(CN)CCC[C@@]32C)C1. The summed E-state index contributed by atoms with van der Waals surface area (Å²) in [5.74, 6) is 3.45. The van der Waals surface area contributed by atoms with E-state index >= 15 is 0 Å². The lowest BCUT2D eigenvalue weighted by atomic mass is 9.46. The monoisotopic (exact) mass is 332 g/mol. The van der Waals surface area contributed by atoms with Crippen LogP contribution < -0.4 is 11.5 Å². The zero-order valence-corrected chi connectivity index (χ0v) is 16.5. The van der Waals surface area contributed by atoms with Crippen molar-refractivity contribution >= 4 is 0 Å². The molecule has 2 saturated carbocycles. The van der Waals surface area contributed by atoms with E-state index in [-0.39, 0.29) is 0 Å². The molecule has 3 aliphatic carbocycles. The van der Waals surface area contributed by atoms with Crippen molar-refractivity contribution in [3.63, 3.8) is 0 Å². The lowest BCUT2D eigenvalue weighted by Gasteiger charge is -2.59. The molecule has 24 heavy (non-hydrogen) atoms. The molecule has 138 valence electrons. The predicted molar refractivity (Wildman–Crippen MR) is 105 cm³/mol. The van der Waals surface area contributed by atoms with Gasteiger partial charge in [0, 0.05) is 0 Å². The number of nitrogens with two attached hydrogens (primary N) is 2. The number of allylic oxidation sites excluding steroid dienone is 2. The Morgan fingerprint density at radius 1 is 1.29 bits per heavy atom. The third-order valence-corrected chi connectivity index (χ3v) is 7.69. The second-order valence-electron chi connectivity index (χ2n) is 9.36. The van der Waals surface area contributed by atoms with Crippen molar-refractivity contribution in [2.45, 2.75) is 72.6 Å². The summed E-state index contributed by atoms with van der Waals surface area (Å²) in [4.78, 5) is 0. The lowest BCUT2D eigenvalue weighted by molar-refractivity contribution is -0.0523. The second-order valence-corrected chi connectivity index (χ2v) is 9.36. The summed E-state index contributed by atoms with van der Waals surface area (Å²) in [7, 11) is 0. The Balaban J connectivity index is 0.000000647. The first-order valence-electron chi connectivity index (χ1n) is 10.0. The largest absolute Gasteiger partial charge is 0.405 e. The fourth-order valence-corrected chi connectivity index (χ4v) is 6.16. The van der Waals surface area contributed by atoms with E-state index in [0.717, 1.165) is 30.2 Å². The molecule has 2 unspecified atom stereocenters. The molecule has 5 atom stereocenters. The number of fused-ring (bicyclic) bond motifs is 3. The Morgan fingerprint density at radius 3 is 2.54 bits per heavy atom. The molecule has 2 heteroatoms. The van der Waals surface area contributed by atoms with Crippen molar-refractivity contribution in [1.29, 1.82) is 0 Å². The summed E-state index contributed by atoms with van der Waals surface area (Å²) in [5.41, 5.74) is 13.5. The summed E-state index contributed by atoms with van der Waals surface area (Å²) in [6.07, 6.45) is 13.6. The molecule has 3 rings (SSSR count). The van der Waals surface area contributed by atoms with Crippen LogP contribution in [0.2, 0.25) is 0 Å². The molecule has 0 aromatic heterocycles. The number of hydrogen-bond acceptors (Lipinski definition) is 2. The summed E-state index contributed by atoms with van der Waals surface area (Å²) < 4.78 is 0. The van der Waals surface area contributed by atoms with E-state index in [1.807, 2.05) is 5.57 Å². The fourth-order valence-electron chi connectivity index (χ4n) is 6.16. The number of rotatable bonds is 2. The van der Waals surface area contributed by atoms with Gasteiger partial charge >= 0.3 is 0 Å². The van der Waals surface area contributed by atoms with Crippen molar-refractivity contribution in [3.05, 3.63) is 24.4 Å². The molecule has 0 spiro atoms. The molecule has 0 aromatic rings. The quantitative estimate of drug-likeness (QED) is 0.679. The average Bonchev–Trinajstić information content (AvgIpc) is 2.55. The third kappa shape index (κ3) is 3.45. The van der Waals surface area contributed by atoms with E-state index < -0.39 is 0 Å². The van der Waals surface area contributed by atoms with Gasteiger partial charge in [0.05, 0.1) is 0 Å². The van der Waals surface area contributed by atoms with Crippen LogP contribution in [0.15, 0.2) is 24.4 Å². The van der Waals surface area contributed by atoms with Gasteiger partial charge in [0.15, 0.2) is 0 Å². The van der Waals surface area contributed by atoms with Crippen LogP contribution in [0, 0.1) is 34.5 Å². The topological polar surface area (TPSA) is 52.0 Å². The molecule has 0 radical (unpaired) electrons. The molecule has 2 fully saturated rings. The van der Waals surface area contributed by atoms with Crippen molar-refractivity contribution < 1.29 is 0 Å². The van der Waals surface area contributed by atoms with Gasteiger partial charge in [-0.3, -0.25) is 0 Å². The van der Waals surface area contributed by atoms with E-state index in [9.17, 15) is 0 Å². The van der Waals surface area contributed by atoms with Crippen LogP contribution in [-0.4, -0.2) is 6.54 Å². The van der Waals surface area contributed by atoms with Crippen LogP contribution in [0.1, 0.15) is 72.6 Å². The zero-order chi connectivity index (χ0) is 18.0. The van der Waals surface area contributed by atoms with Gasteiger partial charge in [0.1, 0.15) is 0 Å². The summed E-state index contributed by atoms with van der Waals surface area (Å²) in [5, 5.41) is 0. The minimum Gasteiger partial charge on any atom is -0.405 e. The molecule has 4 N–H and O–H groups in total. The van der Waals surface area contributed by atoms with Crippen LogP contribution in [-0.2, 0) is 0 Å². The highest BCUT2D eigenvalue weighted by Crippen LogP contribution is 2.62.